The Morgan fingerprint density at radius 3 is 2.57 bits per heavy atom. The molecular formula is C12H10N2O6S3. The molecule has 1 heterocycles. The average Bonchev–Trinajstić information content (AvgIpc) is 3.02. The van der Waals surface area contributed by atoms with Crippen LogP contribution in [-0.4, -0.2) is 43.8 Å². The summed E-state index contributed by atoms with van der Waals surface area (Å²) in [5, 5.41) is 7.19. The van der Waals surface area contributed by atoms with Crippen LogP contribution in [0.1, 0.15) is 10.4 Å². The molecule has 8 nitrogen and oxygen atoms in total. The molecule has 0 radical (unpaired) electrons. The molecule has 1 unspecified atom stereocenters. The molecule has 2 rings (SSSR count). The van der Waals surface area contributed by atoms with Crippen molar-refractivity contribution in [2.75, 3.05) is 12.9 Å². The molecule has 1 aromatic heterocycles. The van der Waals surface area contributed by atoms with Gasteiger partial charge >= 0.3 is 11.9 Å². The van der Waals surface area contributed by atoms with Crippen LogP contribution in [0.5, 0.6) is 5.75 Å². The number of thioether (sulfide) groups is 1. The molecule has 0 aliphatic carbocycles. The number of methoxy groups -OCH3 is 1. The van der Waals surface area contributed by atoms with Gasteiger partial charge in [-0.25, -0.2) is 9.00 Å². The number of aromatic nitrogens is 2. The lowest BCUT2D eigenvalue weighted by atomic mass is 10.2. The van der Waals surface area contributed by atoms with Gasteiger partial charge in [-0.1, -0.05) is 23.1 Å². The largest absolute Gasteiger partial charge is 0.465 e. The van der Waals surface area contributed by atoms with E-state index < -0.39 is 23.0 Å². The molecule has 1 aromatic carbocycles. The van der Waals surface area contributed by atoms with Crippen molar-refractivity contribution in [3.8, 4) is 5.75 Å². The fourth-order valence-electron chi connectivity index (χ4n) is 1.38. The Bertz CT molecular complexity index is 731. The Labute approximate surface area is 141 Å². The van der Waals surface area contributed by atoms with E-state index in [4.69, 9.17) is 9.29 Å². The maximum Gasteiger partial charge on any atom is 0.337 e. The highest BCUT2D eigenvalue weighted by molar-refractivity contribution is 8.01. The highest BCUT2D eigenvalue weighted by Crippen LogP contribution is 2.24. The fourth-order valence-corrected chi connectivity index (χ4v) is 3.54. The monoisotopic (exact) mass is 374 g/mol. The predicted molar refractivity (Wildman–Crippen MR) is 83.1 cm³/mol. The van der Waals surface area contributed by atoms with Crippen LogP contribution in [0, 0.1) is 0 Å². The minimum atomic E-state index is -2.18. The molecule has 0 bridgehead atoms. The van der Waals surface area contributed by atoms with Crippen LogP contribution in [-0.2, 0) is 20.6 Å². The second-order valence-corrected chi connectivity index (χ2v) is 7.21. The molecule has 0 fully saturated rings. The van der Waals surface area contributed by atoms with Crippen LogP contribution >= 0.6 is 23.1 Å². The van der Waals surface area contributed by atoms with Crippen LogP contribution < -0.4 is 4.74 Å². The summed E-state index contributed by atoms with van der Waals surface area (Å²) >= 11 is -0.207. The molecule has 122 valence electrons. The zero-order valence-corrected chi connectivity index (χ0v) is 14.1. The molecule has 2 aromatic rings. The summed E-state index contributed by atoms with van der Waals surface area (Å²) in [4.78, 5) is 23.0. The Morgan fingerprint density at radius 1 is 1.30 bits per heavy atom. The van der Waals surface area contributed by atoms with Crippen molar-refractivity contribution in [1.82, 2.24) is 10.2 Å². The summed E-state index contributed by atoms with van der Waals surface area (Å²) < 4.78 is 29.6. The minimum absolute atomic E-state index is 0.0285. The van der Waals surface area contributed by atoms with Gasteiger partial charge in [0.25, 0.3) is 0 Å². The van der Waals surface area contributed by atoms with Crippen molar-refractivity contribution < 1.29 is 27.8 Å². The first-order valence-electron chi connectivity index (χ1n) is 5.96. The predicted octanol–water partition coefficient (Wildman–Crippen LogP) is 1.60. The second-order valence-electron chi connectivity index (χ2n) is 3.86. The summed E-state index contributed by atoms with van der Waals surface area (Å²) in [7, 11) is 1.28. The Hall–Kier alpha value is -1.82. The molecule has 1 N–H and O–H groups in total. The first kappa shape index (κ1) is 17.5. The van der Waals surface area contributed by atoms with Crippen molar-refractivity contribution in [1.29, 1.82) is 0 Å². The molecule has 0 spiro atoms. The number of hydrogen-bond donors (Lipinski definition) is 1. The van der Waals surface area contributed by atoms with Gasteiger partial charge in [-0.05, 0) is 24.3 Å². The summed E-state index contributed by atoms with van der Waals surface area (Å²) in [5.41, 5.74) is 0.347. The second kappa shape index (κ2) is 8.15. The van der Waals surface area contributed by atoms with Crippen molar-refractivity contribution in [2.24, 2.45) is 0 Å². The normalized spacial score (nSPS) is 11.7. The Balaban J connectivity index is 1.86. The molecule has 0 saturated heterocycles. The molecule has 0 saturated carbocycles. The number of carbonyl (C=O) groups is 2. The zero-order valence-electron chi connectivity index (χ0n) is 11.6. The van der Waals surface area contributed by atoms with Crippen molar-refractivity contribution in [3.05, 3.63) is 29.8 Å². The van der Waals surface area contributed by atoms with Crippen molar-refractivity contribution >= 4 is 46.1 Å². The number of ether oxygens (including phenoxy) is 2. The van der Waals surface area contributed by atoms with Gasteiger partial charge < -0.3 is 14.0 Å². The van der Waals surface area contributed by atoms with Gasteiger partial charge in [0, 0.05) is 0 Å². The topological polar surface area (TPSA) is 116 Å². The maximum absolute atomic E-state index is 11.7. The standard InChI is InChI=1S/C12H10N2O6S3/c1-19-10(16)7-2-4-8(5-3-7)20-9(15)6-21-11-13-14-12(22-11)23(17)18/h2-5H,6H2,1H3,(H,17,18). The van der Waals surface area contributed by atoms with E-state index >= 15 is 0 Å². The minimum Gasteiger partial charge on any atom is -0.465 e. The van der Waals surface area contributed by atoms with Crippen LogP contribution in [0.2, 0.25) is 0 Å². The van der Waals surface area contributed by atoms with E-state index in [1.54, 1.807) is 0 Å². The third-order valence-electron chi connectivity index (χ3n) is 2.36. The number of hydrogen-bond acceptors (Lipinski definition) is 9. The number of nitrogens with zero attached hydrogens (tertiary/aromatic N) is 2. The van der Waals surface area contributed by atoms with E-state index in [2.05, 4.69) is 14.9 Å². The van der Waals surface area contributed by atoms with Crippen LogP contribution in [0.25, 0.3) is 0 Å². The number of esters is 2. The van der Waals surface area contributed by atoms with E-state index in [0.717, 1.165) is 23.1 Å². The lowest BCUT2D eigenvalue weighted by Crippen LogP contribution is -2.10. The summed E-state index contributed by atoms with van der Waals surface area (Å²) in [6.45, 7) is 0. The van der Waals surface area contributed by atoms with Gasteiger partial charge in [0.1, 0.15) is 5.75 Å². The molecule has 11 heteroatoms. The first-order chi connectivity index (χ1) is 11.0. The van der Waals surface area contributed by atoms with Crippen molar-refractivity contribution in [3.63, 3.8) is 0 Å². The Morgan fingerprint density at radius 2 is 2.00 bits per heavy atom. The smallest absolute Gasteiger partial charge is 0.337 e. The van der Waals surface area contributed by atoms with Gasteiger partial charge in [0.05, 0.1) is 18.4 Å². The third-order valence-corrected chi connectivity index (χ3v) is 5.24. The van der Waals surface area contributed by atoms with E-state index in [-0.39, 0.29) is 15.8 Å². The van der Waals surface area contributed by atoms with Crippen molar-refractivity contribution in [2.45, 2.75) is 8.68 Å². The van der Waals surface area contributed by atoms with Crippen LogP contribution in [0.4, 0.5) is 0 Å². The number of rotatable bonds is 6. The average molecular weight is 374 g/mol. The quantitative estimate of drug-likeness (QED) is 0.348. The summed E-state index contributed by atoms with van der Waals surface area (Å²) in [5.74, 6) is -0.752. The Kier molecular flexibility index (Phi) is 6.21. The van der Waals surface area contributed by atoms with Crippen LogP contribution in [0.3, 0.4) is 0 Å². The molecule has 0 aliphatic heterocycles. The summed E-state index contributed by atoms with van der Waals surface area (Å²) in [6, 6.07) is 5.92. The summed E-state index contributed by atoms with van der Waals surface area (Å²) in [6.07, 6.45) is 0. The number of benzene rings is 1. The van der Waals surface area contributed by atoms with E-state index in [9.17, 15) is 13.8 Å². The van der Waals surface area contributed by atoms with Crippen LogP contribution in [0.15, 0.2) is 32.9 Å². The van der Waals surface area contributed by atoms with Gasteiger partial charge in [-0.2, -0.15) is 0 Å². The fraction of sp³-hybridized carbons (Fsp3) is 0.167. The highest BCUT2D eigenvalue weighted by Gasteiger charge is 2.13. The SMILES string of the molecule is COC(=O)c1ccc(OC(=O)CSc2nnc(S(=O)O)s2)cc1. The van der Waals surface area contributed by atoms with E-state index in [1.807, 2.05) is 0 Å². The van der Waals surface area contributed by atoms with E-state index in [0.29, 0.717) is 9.90 Å². The number of carbonyl (C=O) groups excluding carboxylic acids is 2. The van der Waals surface area contributed by atoms with Gasteiger partial charge in [-0.15, -0.1) is 10.2 Å². The zero-order chi connectivity index (χ0) is 16.8. The molecule has 0 amide bonds. The lowest BCUT2D eigenvalue weighted by molar-refractivity contribution is -0.131. The van der Waals surface area contributed by atoms with Gasteiger partial charge in [-0.3, -0.25) is 4.79 Å². The molecule has 23 heavy (non-hydrogen) atoms. The van der Waals surface area contributed by atoms with Gasteiger partial charge in [0.15, 0.2) is 4.34 Å². The molecule has 0 aliphatic rings. The highest BCUT2D eigenvalue weighted by atomic mass is 32.2. The van der Waals surface area contributed by atoms with Gasteiger partial charge in [0.2, 0.25) is 15.4 Å². The lowest BCUT2D eigenvalue weighted by Gasteiger charge is -2.04. The third kappa shape index (κ3) is 5.10. The molecular weight excluding hydrogens is 364 g/mol. The van der Waals surface area contributed by atoms with E-state index in [1.165, 1.54) is 31.4 Å². The maximum atomic E-state index is 11.7. The molecule has 1 atom stereocenters. The first-order valence-corrected chi connectivity index (χ1v) is 8.86.